The molecular weight excluding hydrogens is 344 g/mol. The Morgan fingerprint density at radius 3 is 2.64 bits per heavy atom. The van der Waals surface area contributed by atoms with Crippen molar-refractivity contribution in [1.82, 2.24) is 14.9 Å². The minimum atomic E-state index is -0.514. The summed E-state index contributed by atoms with van der Waals surface area (Å²) in [4.78, 5) is 24.0. The van der Waals surface area contributed by atoms with Gasteiger partial charge in [0.2, 0.25) is 5.16 Å². The predicted molar refractivity (Wildman–Crippen MR) is 90.9 cm³/mol. The van der Waals surface area contributed by atoms with Crippen LogP contribution in [0.3, 0.4) is 0 Å². The van der Waals surface area contributed by atoms with Crippen molar-refractivity contribution >= 4 is 23.7 Å². The molecule has 0 fully saturated rings. The van der Waals surface area contributed by atoms with Crippen LogP contribution < -0.4 is 5.43 Å². The summed E-state index contributed by atoms with van der Waals surface area (Å²) in [5.74, 6) is -0.0358. The molecule has 1 aromatic carbocycles. The third-order valence-corrected chi connectivity index (χ3v) is 5.00. The lowest BCUT2D eigenvalue weighted by atomic mass is 10.0. The molecule has 132 valence electrons. The molecule has 0 radical (unpaired) electrons. The van der Waals surface area contributed by atoms with Crippen LogP contribution in [0.25, 0.3) is 0 Å². The summed E-state index contributed by atoms with van der Waals surface area (Å²) in [6, 6.07) is 6.58. The van der Waals surface area contributed by atoms with Gasteiger partial charge in [-0.05, 0) is 31.5 Å². The summed E-state index contributed by atoms with van der Waals surface area (Å²) in [5.41, 5.74) is 4.56. The number of nitrogens with one attached hydrogen (secondary N) is 1. The van der Waals surface area contributed by atoms with Crippen LogP contribution in [-0.4, -0.2) is 45.8 Å². The first kappa shape index (κ1) is 17.3. The van der Waals surface area contributed by atoms with Gasteiger partial charge in [0, 0.05) is 0 Å². The number of methoxy groups -OCH3 is 1. The van der Waals surface area contributed by atoms with Crippen LogP contribution in [0, 0.1) is 6.92 Å². The summed E-state index contributed by atoms with van der Waals surface area (Å²) < 4.78 is 11.7. The largest absolute Gasteiger partial charge is 0.465 e. The summed E-state index contributed by atoms with van der Waals surface area (Å²) in [6.45, 7) is 3.90. The van der Waals surface area contributed by atoms with Crippen molar-refractivity contribution in [3.8, 4) is 0 Å². The monoisotopic (exact) mass is 362 g/mol. The SMILES string of the molecule is CCOC(=O)[C@H]1Sc2nnc(C)n2N[C@@H]1c1ccc(C(=O)OC)cc1. The standard InChI is InChI=1S/C16H18N4O4S/c1-4-24-15(22)13-12(19-20-9(2)17-18-16(20)25-13)10-5-7-11(8-6-10)14(21)23-3/h5-8,12-13,19H,4H2,1-3H3/t12-,13+/m1/s1. The highest BCUT2D eigenvalue weighted by Gasteiger charge is 2.38. The number of rotatable bonds is 4. The van der Waals surface area contributed by atoms with Crippen LogP contribution in [0.15, 0.2) is 29.4 Å². The molecule has 0 saturated heterocycles. The van der Waals surface area contributed by atoms with E-state index < -0.39 is 11.2 Å². The Morgan fingerprint density at radius 1 is 1.28 bits per heavy atom. The van der Waals surface area contributed by atoms with Gasteiger partial charge in [0.05, 0.1) is 25.3 Å². The number of carbonyl (C=O) groups excluding carboxylic acids is 2. The molecule has 2 atom stereocenters. The Hall–Kier alpha value is -2.55. The third kappa shape index (κ3) is 3.32. The molecule has 3 rings (SSSR count). The van der Waals surface area contributed by atoms with E-state index in [1.807, 2.05) is 6.92 Å². The van der Waals surface area contributed by atoms with E-state index in [1.165, 1.54) is 18.9 Å². The number of aryl methyl sites for hydroxylation is 1. The lowest BCUT2D eigenvalue weighted by molar-refractivity contribution is -0.142. The lowest BCUT2D eigenvalue weighted by Crippen LogP contribution is -2.39. The fourth-order valence-corrected chi connectivity index (χ4v) is 3.68. The molecule has 0 saturated carbocycles. The molecule has 1 aromatic heterocycles. The van der Waals surface area contributed by atoms with Crippen LogP contribution >= 0.6 is 11.8 Å². The normalized spacial score (nSPS) is 18.8. The van der Waals surface area contributed by atoms with E-state index in [2.05, 4.69) is 15.6 Å². The molecule has 25 heavy (non-hydrogen) atoms. The second-order valence-electron chi connectivity index (χ2n) is 5.38. The van der Waals surface area contributed by atoms with Gasteiger partial charge in [-0.1, -0.05) is 23.9 Å². The number of carbonyl (C=O) groups is 2. The average Bonchev–Trinajstić information content (AvgIpc) is 3.00. The molecule has 0 bridgehead atoms. The van der Waals surface area contributed by atoms with E-state index in [0.717, 1.165) is 5.56 Å². The van der Waals surface area contributed by atoms with E-state index in [4.69, 9.17) is 9.47 Å². The van der Waals surface area contributed by atoms with Crippen molar-refractivity contribution in [2.75, 3.05) is 19.1 Å². The Kier molecular flexibility index (Phi) is 4.93. The molecular formula is C16H18N4O4S. The Labute approximate surface area is 148 Å². The molecule has 2 heterocycles. The predicted octanol–water partition coefficient (Wildman–Crippen LogP) is 1.70. The first-order valence-electron chi connectivity index (χ1n) is 7.75. The number of aromatic nitrogens is 3. The van der Waals surface area contributed by atoms with Crippen molar-refractivity contribution in [2.45, 2.75) is 30.3 Å². The van der Waals surface area contributed by atoms with Crippen molar-refractivity contribution in [3.63, 3.8) is 0 Å². The zero-order valence-electron chi connectivity index (χ0n) is 14.1. The maximum absolute atomic E-state index is 12.4. The first-order chi connectivity index (χ1) is 12.0. The molecule has 0 unspecified atom stereocenters. The number of thioether (sulfide) groups is 1. The van der Waals surface area contributed by atoms with Crippen LogP contribution in [-0.2, 0) is 14.3 Å². The number of benzene rings is 1. The van der Waals surface area contributed by atoms with Gasteiger partial charge in [0.15, 0.2) is 0 Å². The minimum Gasteiger partial charge on any atom is -0.465 e. The highest BCUT2D eigenvalue weighted by Crippen LogP contribution is 2.37. The number of fused-ring (bicyclic) bond motifs is 1. The fourth-order valence-electron chi connectivity index (χ4n) is 2.56. The molecule has 0 spiro atoms. The molecule has 1 N–H and O–H groups in total. The number of hydrogen-bond donors (Lipinski definition) is 1. The van der Waals surface area contributed by atoms with Crippen molar-refractivity contribution in [1.29, 1.82) is 0 Å². The van der Waals surface area contributed by atoms with Gasteiger partial charge in [-0.15, -0.1) is 10.2 Å². The summed E-state index contributed by atoms with van der Waals surface area (Å²) in [7, 11) is 1.34. The fraction of sp³-hybridized carbons (Fsp3) is 0.375. The second-order valence-corrected chi connectivity index (χ2v) is 6.48. The van der Waals surface area contributed by atoms with Gasteiger partial charge in [-0.25, -0.2) is 9.47 Å². The number of nitrogens with zero attached hydrogens (tertiary/aromatic N) is 3. The molecule has 9 heteroatoms. The smallest absolute Gasteiger partial charge is 0.337 e. The van der Waals surface area contributed by atoms with Crippen molar-refractivity contribution in [2.24, 2.45) is 0 Å². The zero-order valence-corrected chi connectivity index (χ0v) is 14.9. The molecule has 1 aliphatic heterocycles. The van der Waals surface area contributed by atoms with E-state index in [0.29, 0.717) is 23.2 Å². The Morgan fingerprint density at radius 2 is 2.00 bits per heavy atom. The Bertz CT molecular complexity index is 790. The van der Waals surface area contributed by atoms with Gasteiger partial charge >= 0.3 is 11.9 Å². The van der Waals surface area contributed by atoms with Crippen molar-refractivity contribution < 1.29 is 19.1 Å². The van der Waals surface area contributed by atoms with E-state index in [1.54, 1.807) is 35.9 Å². The topological polar surface area (TPSA) is 95.3 Å². The lowest BCUT2D eigenvalue weighted by Gasteiger charge is -2.32. The van der Waals surface area contributed by atoms with E-state index in [-0.39, 0.29) is 12.0 Å². The highest BCUT2D eigenvalue weighted by molar-refractivity contribution is 8.00. The van der Waals surface area contributed by atoms with Gasteiger partial charge in [-0.2, -0.15) is 0 Å². The molecule has 0 amide bonds. The summed E-state index contributed by atoms with van der Waals surface area (Å²) >= 11 is 1.30. The van der Waals surface area contributed by atoms with Crippen LogP contribution in [0.1, 0.15) is 34.7 Å². The second kappa shape index (κ2) is 7.14. The van der Waals surface area contributed by atoms with Crippen LogP contribution in [0.2, 0.25) is 0 Å². The third-order valence-electron chi connectivity index (χ3n) is 3.81. The van der Waals surface area contributed by atoms with Crippen LogP contribution in [0.5, 0.6) is 0 Å². The zero-order chi connectivity index (χ0) is 18.0. The molecule has 8 nitrogen and oxygen atoms in total. The number of esters is 2. The number of ether oxygens (including phenoxy) is 2. The average molecular weight is 362 g/mol. The summed E-state index contributed by atoms with van der Waals surface area (Å²) in [5, 5.41) is 8.20. The summed E-state index contributed by atoms with van der Waals surface area (Å²) in [6.07, 6.45) is 0. The van der Waals surface area contributed by atoms with Crippen molar-refractivity contribution in [3.05, 3.63) is 41.2 Å². The van der Waals surface area contributed by atoms with E-state index in [9.17, 15) is 9.59 Å². The van der Waals surface area contributed by atoms with Gasteiger partial charge in [0.25, 0.3) is 0 Å². The van der Waals surface area contributed by atoms with Gasteiger partial charge in [-0.3, -0.25) is 4.79 Å². The minimum absolute atomic E-state index is 0.301. The van der Waals surface area contributed by atoms with Gasteiger partial charge < -0.3 is 14.9 Å². The highest BCUT2D eigenvalue weighted by atomic mass is 32.2. The van der Waals surface area contributed by atoms with Gasteiger partial charge in [0.1, 0.15) is 11.1 Å². The van der Waals surface area contributed by atoms with Crippen LogP contribution in [0.4, 0.5) is 0 Å². The maximum atomic E-state index is 12.4. The Balaban J connectivity index is 1.94. The first-order valence-corrected chi connectivity index (χ1v) is 8.63. The number of hydrogen-bond acceptors (Lipinski definition) is 8. The molecule has 2 aromatic rings. The molecule has 1 aliphatic rings. The maximum Gasteiger partial charge on any atom is 0.337 e. The quantitative estimate of drug-likeness (QED) is 0.821. The van der Waals surface area contributed by atoms with E-state index >= 15 is 0 Å². The molecule has 0 aliphatic carbocycles.